The van der Waals surface area contributed by atoms with Crippen LogP contribution in [0.3, 0.4) is 0 Å². The molecule has 0 aliphatic heterocycles. The number of aromatic nitrogens is 3. The minimum absolute atomic E-state index is 0.309. The summed E-state index contributed by atoms with van der Waals surface area (Å²) in [7, 11) is 0. The Morgan fingerprint density at radius 2 is 2.12 bits per heavy atom. The third-order valence-electron chi connectivity index (χ3n) is 3.64. The van der Waals surface area contributed by atoms with Gasteiger partial charge in [0.2, 0.25) is 0 Å². The normalized spacial score (nSPS) is 11.5. The van der Waals surface area contributed by atoms with Crippen LogP contribution in [0.15, 0.2) is 64.6 Å². The molecule has 0 fully saturated rings. The Balaban J connectivity index is 1.53. The highest BCUT2D eigenvalue weighted by Crippen LogP contribution is 2.15. The number of rotatable bonds is 3. The largest absolute Gasteiger partial charge is 0.361 e. The van der Waals surface area contributed by atoms with Gasteiger partial charge in [-0.15, -0.1) is 0 Å². The van der Waals surface area contributed by atoms with Crippen molar-refractivity contribution < 1.29 is 4.79 Å². The second-order valence-corrected chi connectivity index (χ2v) is 6.14. The molecule has 0 aliphatic rings. The van der Waals surface area contributed by atoms with Crippen LogP contribution in [-0.2, 0) is 0 Å². The van der Waals surface area contributed by atoms with Gasteiger partial charge in [-0.2, -0.15) is 5.10 Å². The number of hydrogen-bond acceptors (Lipinski definition) is 3. The Hall–Kier alpha value is -2.93. The number of benzene rings is 1. The average Bonchev–Trinajstić information content (AvgIpc) is 3.18. The maximum atomic E-state index is 12.2. The quantitative estimate of drug-likeness (QED) is 0.421. The Bertz CT molecular complexity index is 1080. The van der Waals surface area contributed by atoms with Crippen molar-refractivity contribution in [3.63, 3.8) is 0 Å². The molecule has 4 rings (SSSR count). The van der Waals surface area contributed by atoms with E-state index in [1.54, 1.807) is 16.8 Å². The maximum Gasteiger partial charge on any atom is 0.291 e. The maximum absolute atomic E-state index is 12.2. The molecule has 7 heteroatoms. The number of fused-ring (bicyclic) bond motifs is 2. The number of nitrogens with one attached hydrogen (secondary N) is 2. The molecule has 0 bridgehead atoms. The van der Waals surface area contributed by atoms with Crippen LogP contribution in [0, 0.1) is 0 Å². The molecule has 0 aliphatic carbocycles. The zero-order valence-electron chi connectivity index (χ0n) is 12.4. The van der Waals surface area contributed by atoms with E-state index in [-0.39, 0.29) is 5.91 Å². The summed E-state index contributed by atoms with van der Waals surface area (Å²) in [5.74, 6) is -0.356. The average molecular weight is 382 g/mol. The first-order chi connectivity index (χ1) is 11.7. The Morgan fingerprint density at radius 3 is 3.04 bits per heavy atom. The van der Waals surface area contributed by atoms with Gasteiger partial charge >= 0.3 is 0 Å². The lowest BCUT2D eigenvalue weighted by molar-refractivity contribution is 0.0951. The fourth-order valence-corrected chi connectivity index (χ4v) is 2.85. The first-order valence-corrected chi connectivity index (χ1v) is 8.04. The number of H-pyrrole nitrogens is 1. The van der Waals surface area contributed by atoms with Crippen molar-refractivity contribution in [3.8, 4) is 0 Å². The van der Waals surface area contributed by atoms with Gasteiger partial charge in [0.05, 0.1) is 6.21 Å². The predicted molar refractivity (Wildman–Crippen MR) is 96.3 cm³/mol. The van der Waals surface area contributed by atoms with Gasteiger partial charge in [-0.1, -0.05) is 18.2 Å². The van der Waals surface area contributed by atoms with E-state index in [1.807, 2.05) is 48.8 Å². The number of hydrazone groups is 1. The highest BCUT2D eigenvalue weighted by molar-refractivity contribution is 9.10. The van der Waals surface area contributed by atoms with Gasteiger partial charge in [-0.25, -0.2) is 10.4 Å². The van der Waals surface area contributed by atoms with E-state index in [4.69, 9.17) is 0 Å². The highest BCUT2D eigenvalue weighted by Gasteiger charge is 2.10. The SMILES string of the molecule is O=C(N/N=C/c1c[nH]c2ccccc12)c1cn2cc(Br)ccc2n1. The third-order valence-corrected chi connectivity index (χ3v) is 4.11. The number of aromatic amines is 1. The van der Waals surface area contributed by atoms with Gasteiger partial charge in [0.1, 0.15) is 11.3 Å². The smallest absolute Gasteiger partial charge is 0.291 e. The summed E-state index contributed by atoms with van der Waals surface area (Å²) in [6.45, 7) is 0. The zero-order chi connectivity index (χ0) is 16.5. The molecule has 0 spiro atoms. The summed E-state index contributed by atoms with van der Waals surface area (Å²) in [5, 5.41) is 5.07. The van der Waals surface area contributed by atoms with Crippen LogP contribution in [0.5, 0.6) is 0 Å². The van der Waals surface area contributed by atoms with Crippen molar-refractivity contribution in [2.75, 3.05) is 0 Å². The summed E-state index contributed by atoms with van der Waals surface area (Å²) < 4.78 is 2.69. The zero-order valence-corrected chi connectivity index (χ0v) is 14.0. The molecule has 6 nitrogen and oxygen atoms in total. The van der Waals surface area contributed by atoms with Gasteiger partial charge in [-0.05, 0) is 34.1 Å². The van der Waals surface area contributed by atoms with Crippen LogP contribution in [0.25, 0.3) is 16.6 Å². The van der Waals surface area contributed by atoms with E-state index in [1.165, 1.54) is 0 Å². The number of carbonyl (C=O) groups is 1. The first-order valence-electron chi connectivity index (χ1n) is 7.24. The molecule has 24 heavy (non-hydrogen) atoms. The van der Waals surface area contributed by atoms with Gasteiger partial charge in [-0.3, -0.25) is 4.79 Å². The van der Waals surface area contributed by atoms with E-state index in [2.05, 4.69) is 36.4 Å². The molecular formula is C17H12BrN5O. The predicted octanol–water partition coefficient (Wildman–Crippen LogP) is 3.34. The second-order valence-electron chi connectivity index (χ2n) is 5.23. The van der Waals surface area contributed by atoms with Gasteiger partial charge in [0, 0.05) is 39.5 Å². The van der Waals surface area contributed by atoms with Crippen molar-refractivity contribution in [2.45, 2.75) is 0 Å². The topological polar surface area (TPSA) is 74.5 Å². The number of hydrogen-bond donors (Lipinski definition) is 2. The number of carbonyl (C=O) groups excluding carboxylic acids is 1. The van der Waals surface area contributed by atoms with Crippen LogP contribution in [0.2, 0.25) is 0 Å². The van der Waals surface area contributed by atoms with Gasteiger partial charge < -0.3 is 9.38 Å². The van der Waals surface area contributed by atoms with Gasteiger partial charge in [0.15, 0.2) is 0 Å². The summed E-state index contributed by atoms with van der Waals surface area (Å²) in [6.07, 6.45) is 6.97. The standard InChI is InChI=1S/C17H12BrN5O/c18-12-5-6-16-21-15(10-23(16)9-12)17(24)22-20-8-11-7-19-14-4-2-1-3-13(11)14/h1-10,19H,(H,22,24)/b20-8+. The van der Waals surface area contributed by atoms with E-state index in [0.29, 0.717) is 11.3 Å². The first kappa shape index (κ1) is 14.6. The van der Waals surface area contributed by atoms with Crippen molar-refractivity contribution in [1.82, 2.24) is 19.8 Å². The lowest BCUT2D eigenvalue weighted by Gasteiger charge is -1.94. The van der Waals surface area contributed by atoms with Crippen molar-refractivity contribution in [1.29, 1.82) is 0 Å². The third kappa shape index (κ3) is 2.69. The summed E-state index contributed by atoms with van der Waals surface area (Å²) >= 11 is 3.39. The molecule has 1 amide bonds. The van der Waals surface area contributed by atoms with Crippen molar-refractivity contribution in [3.05, 3.63) is 70.7 Å². The lowest BCUT2D eigenvalue weighted by atomic mass is 10.2. The number of pyridine rings is 1. The van der Waals surface area contributed by atoms with E-state index < -0.39 is 0 Å². The summed E-state index contributed by atoms with van der Waals surface area (Å²) in [5.41, 5.74) is 5.45. The van der Waals surface area contributed by atoms with Gasteiger partial charge in [0.25, 0.3) is 5.91 Å². The van der Waals surface area contributed by atoms with Crippen molar-refractivity contribution in [2.24, 2.45) is 5.10 Å². The minimum Gasteiger partial charge on any atom is -0.361 e. The van der Waals surface area contributed by atoms with Crippen LogP contribution >= 0.6 is 15.9 Å². The monoisotopic (exact) mass is 381 g/mol. The highest BCUT2D eigenvalue weighted by atomic mass is 79.9. The summed E-state index contributed by atoms with van der Waals surface area (Å²) in [4.78, 5) is 19.6. The molecule has 1 aromatic carbocycles. The van der Waals surface area contributed by atoms with Crippen LogP contribution in [0.1, 0.15) is 16.1 Å². The molecule has 0 saturated heterocycles. The number of amides is 1. The van der Waals surface area contributed by atoms with Crippen LogP contribution in [0.4, 0.5) is 0 Å². The molecule has 2 N–H and O–H groups in total. The fourth-order valence-electron chi connectivity index (χ4n) is 2.49. The molecule has 0 atom stereocenters. The summed E-state index contributed by atoms with van der Waals surface area (Å²) in [6, 6.07) is 11.6. The Kier molecular flexibility index (Phi) is 3.62. The molecule has 3 heterocycles. The number of imidazole rings is 1. The number of nitrogens with zero attached hydrogens (tertiary/aromatic N) is 3. The number of halogens is 1. The van der Waals surface area contributed by atoms with E-state index in [9.17, 15) is 4.79 Å². The lowest BCUT2D eigenvalue weighted by Crippen LogP contribution is -2.17. The molecule has 0 saturated carbocycles. The molecule has 0 unspecified atom stereocenters. The molecule has 4 aromatic rings. The Labute approximate surface area is 145 Å². The molecule has 118 valence electrons. The molecular weight excluding hydrogens is 370 g/mol. The fraction of sp³-hybridized carbons (Fsp3) is 0. The van der Waals surface area contributed by atoms with Crippen molar-refractivity contribution >= 4 is 44.6 Å². The van der Waals surface area contributed by atoms with Crippen LogP contribution < -0.4 is 5.43 Å². The molecule has 0 radical (unpaired) electrons. The number of para-hydroxylation sites is 1. The molecule has 3 aromatic heterocycles. The van der Waals surface area contributed by atoms with Crippen LogP contribution in [-0.4, -0.2) is 26.5 Å². The van der Waals surface area contributed by atoms with E-state index >= 15 is 0 Å². The minimum atomic E-state index is -0.356. The Morgan fingerprint density at radius 1 is 1.25 bits per heavy atom. The van der Waals surface area contributed by atoms with E-state index in [0.717, 1.165) is 20.9 Å². The second kappa shape index (κ2) is 5.93.